The Labute approximate surface area is 197 Å². The van der Waals surface area contributed by atoms with Crippen LogP contribution in [0.25, 0.3) is 0 Å². The first kappa shape index (κ1) is 26.2. The van der Waals surface area contributed by atoms with Crippen LogP contribution in [0.4, 0.5) is 0 Å². The largest absolute Gasteiger partial charge is 0.475 e. The van der Waals surface area contributed by atoms with Gasteiger partial charge >= 0.3 is 0 Å². The van der Waals surface area contributed by atoms with Crippen LogP contribution >= 0.6 is 24.0 Å². The van der Waals surface area contributed by atoms with Crippen molar-refractivity contribution in [3.63, 3.8) is 0 Å². The van der Waals surface area contributed by atoms with Crippen LogP contribution < -0.4 is 15.4 Å². The molecule has 166 valence electrons. The maximum Gasteiger partial charge on any atom is 0.213 e. The minimum absolute atomic E-state index is 0. The number of guanidine groups is 1. The zero-order chi connectivity index (χ0) is 21.1. The van der Waals surface area contributed by atoms with E-state index < -0.39 is 0 Å². The molecule has 0 bridgehead atoms. The Kier molecular flexibility index (Phi) is 12.4. The van der Waals surface area contributed by atoms with Crippen molar-refractivity contribution in [2.24, 2.45) is 10.9 Å². The number of aliphatic hydroxyl groups excluding tert-OH is 1. The number of aromatic nitrogens is 1. The first-order chi connectivity index (χ1) is 14.0. The first-order valence-corrected chi connectivity index (χ1v) is 10.2. The number of hydrogen-bond donors (Lipinski definition) is 3. The lowest BCUT2D eigenvalue weighted by molar-refractivity contribution is 0.185. The molecular weight excluding hydrogens is 491 g/mol. The third-order valence-electron chi connectivity index (χ3n) is 4.62. The predicted molar refractivity (Wildman–Crippen MR) is 134 cm³/mol. The van der Waals surface area contributed by atoms with Gasteiger partial charge in [-0.15, -0.1) is 24.0 Å². The molecule has 1 heterocycles. The van der Waals surface area contributed by atoms with Gasteiger partial charge in [-0.3, -0.25) is 4.99 Å². The molecule has 30 heavy (non-hydrogen) atoms. The van der Waals surface area contributed by atoms with Crippen molar-refractivity contribution in [2.45, 2.75) is 45.8 Å². The van der Waals surface area contributed by atoms with Gasteiger partial charge in [-0.1, -0.05) is 44.2 Å². The molecule has 0 saturated heterocycles. The first-order valence-electron chi connectivity index (χ1n) is 10.2. The molecule has 0 amide bonds. The normalized spacial score (nSPS) is 13.3. The van der Waals surface area contributed by atoms with Crippen molar-refractivity contribution >= 4 is 29.9 Å². The lowest BCUT2D eigenvalue weighted by atomic mass is 10.0. The summed E-state index contributed by atoms with van der Waals surface area (Å²) in [7, 11) is 1.74. The van der Waals surface area contributed by atoms with Gasteiger partial charge in [0.25, 0.3) is 0 Å². The highest BCUT2D eigenvalue weighted by Gasteiger charge is 2.11. The molecule has 2 unspecified atom stereocenters. The molecule has 3 N–H and O–H groups in total. The summed E-state index contributed by atoms with van der Waals surface area (Å²) in [4.78, 5) is 8.59. The Morgan fingerprint density at radius 1 is 1.13 bits per heavy atom. The van der Waals surface area contributed by atoms with Crippen LogP contribution in [0.5, 0.6) is 5.88 Å². The number of ether oxygens (including phenoxy) is 1. The molecule has 1 aromatic carbocycles. The Hall–Kier alpha value is -1.87. The van der Waals surface area contributed by atoms with E-state index in [0.29, 0.717) is 30.8 Å². The summed E-state index contributed by atoms with van der Waals surface area (Å²) in [6.07, 6.45) is 2.89. The quantitative estimate of drug-likeness (QED) is 0.248. The van der Waals surface area contributed by atoms with Crippen molar-refractivity contribution in [3.8, 4) is 5.88 Å². The van der Waals surface area contributed by atoms with Crippen LogP contribution in [0, 0.1) is 5.92 Å². The van der Waals surface area contributed by atoms with Crippen molar-refractivity contribution in [2.75, 3.05) is 20.2 Å². The lowest BCUT2D eigenvalue weighted by Crippen LogP contribution is -2.39. The fraction of sp³-hybridized carbons (Fsp3) is 0.478. The monoisotopic (exact) mass is 526 g/mol. The van der Waals surface area contributed by atoms with Crippen molar-refractivity contribution in [1.29, 1.82) is 0 Å². The van der Waals surface area contributed by atoms with E-state index in [-0.39, 0.29) is 42.6 Å². The smallest absolute Gasteiger partial charge is 0.213 e. The third kappa shape index (κ3) is 9.30. The molecule has 0 aliphatic rings. The van der Waals surface area contributed by atoms with Gasteiger partial charge in [-0.25, -0.2) is 4.98 Å². The van der Waals surface area contributed by atoms with E-state index in [2.05, 4.69) is 41.4 Å². The summed E-state index contributed by atoms with van der Waals surface area (Å²) in [6.45, 7) is 7.72. The van der Waals surface area contributed by atoms with Crippen LogP contribution in [-0.4, -0.2) is 42.4 Å². The maximum atomic E-state index is 9.71. The van der Waals surface area contributed by atoms with E-state index in [0.717, 1.165) is 17.5 Å². The van der Waals surface area contributed by atoms with Crippen LogP contribution in [-0.2, 0) is 6.54 Å². The highest BCUT2D eigenvalue weighted by atomic mass is 127. The van der Waals surface area contributed by atoms with Gasteiger partial charge in [0.05, 0.1) is 12.7 Å². The molecule has 1 aromatic heterocycles. The van der Waals surface area contributed by atoms with E-state index in [4.69, 9.17) is 4.74 Å². The van der Waals surface area contributed by atoms with Crippen LogP contribution in [0.2, 0.25) is 0 Å². The zero-order valence-corrected chi connectivity index (χ0v) is 20.7. The average Bonchev–Trinajstić information content (AvgIpc) is 2.71. The summed E-state index contributed by atoms with van der Waals surface area (Å²) in [5.41, 5.74) is 2.17. The average molecular weight is 526 g/mol. The van der Waals surface area contributed by atoms with Crippen molar-refractivity contribution in [3.05, 3.63) is 59.8 Å². The van der Waals surface area contributed by atoms with Gasteiger partial charge in [-0.05, 0) is 36.5 Å². The number of nitrogens with one attached hydrogen (secondary N) is 2. The van der Waals surface area contributed by atoms with E-state index in [9.17, 15) is 5.11 Å². The molecule has 0 spiro atoms. The Balaban J connectivity index is 0.00000450. The van der Waals surface area contributed by atoms with Crippen LogP contribution in [0.1, 0.15) is 44.2 Å². The summed E-state index contributed by atoms with van der Waals surface area (Å²) >= 11 is 0. The molecule has 2 atom stereocenters. The minimum Gasteiger partial charge on any atom is -0.475 e. The lowest BCUT2D eigenvalue weighted by Gasteiger charge is -2.18. The summed E-state index contributed by atoms with van der Waals surface area (Å²) < 4.78 is 5.93. The fourth-order valence-corrected chi connectivity index (χ4v) is 3.18. The SMILES string of the molecule is CN=C(NCc1ccnc(OC(C)CC(C)C)c1)NCC(CO)c1ccccc1.I. The van der Waals surface area contributed by atoms with E-state index >= 15 is 0 Å². The van der Waals surface area contributed by atoms with Crippen molar-refractivity contribution < 1.29 is 9.84 Å². The van der Waals surface area contributed by atoms with Gasteiger partial charge in [0.15, 0.2) is 5.96 Å². The minimum atomic E-state index is 0. The number of aliphatic imine (C=N–C) groups is 1. The van der Waals surface area contributed by atoms with Gasteiger partial charge in [0, 0.05) is 38.3 Å². The summed E-state index contributed by atoms with van der Waals surface area (Å²) in [6, 6.07) is 13.9. The molecule has 0 fully saturated rings. The third-order valence-corrected chi connectivity index (χ3v) is 4.62. The maximum absolute atomic E-state index is 9.71. The molecule has 0 radical (unpaired) electrons. The molecule has 0 aliphatic heterocycles. The standard InChI is InChI=1S/C23H34N4O2.HI/c1-17(2)12-18(3)29-22-13-19(10-11-25-22)14-26-23(24-4)27-15-21(16-28)20-8-6-5-7-9-20;/h5-11,13,17-18,21,28H,12,14-16H2,1-4H3,(H2,24,26,27);1H. The van der Waals surface area contributed by atoms with E-state index in [1.54, 1.807) is 13.2 Å². The molecule has 7 heteroatoms. The van der Waals surface area contributed by atoms with Gasteiger partial charge in [0.2, 0.25) is 5.88 Å². The molecular formula is C23H35IN4O2. The van der Waals surface area contributed by atoms with Gasteiger partial charge in [0.1, 0.15) is 0 Å². The second kappa shape index (κ2) is 14.2. The molecule has 6 nitrogen and oxygen atoms in total. The molecule has 0 aliphatic carbocycles. The Morgan fingerprint density at radius 2 is 1.87 bits per heavy atom. The number of halogens is 1. The number of nitrogens with zero attached hydrogens (tertiary/aromatic N) is 2. The topological polar surface area (TPSA) is 78.8 Å². The highest BCUT2D eigenvalue weighted by molar-refractivity contribution is 14.0. The number of benzene rings is 1. The number of rotatable bonds is 10. The van der Waals surface area contributed by atoms with Crippen molar-refractivity contribution in [1.82, 2.24) is 15.6 Å². The van der Waals surface area contributed by atoms with Crippen LogP contribution in [0.3, 0.4) is 0 Å². The predicted octanol–water partition coefficient (Wildman–Crippen LogP) is 3.95. The van der Waals surface area contributed by atoms with Gasteiger partial charge < -0.3 is 20.5 Å². The zero-order valence-electron chi connectivity index (χ0n) is 18.3. The number of pyridine rings is 1. The molecule has 2 rings (SSSR count). The highest BCUT2D eigenvalue weighted by Crippen LogP contribution is 2.15. The summed E-state index contributed by atoms with van der Waals surface area (Å²) in [5, 5.41) is 16.3. The second-order valence-electron chi connectivity index (χ2n) is 7.66. The van der Waals surface area contributed by atoms with E-state index in [1.807, 2.05) is 42.5 Å². The fourth-order valence-electron chi connectivity index (χ4n) is 3.18. The number of hydrogen-bond acceptors (Lipinski definition) is 4. The van der Waals surface area contributed by atoms with Crippen LogP contribution in [0.15, 0.2) is 53.7 Å². The Bertz CT molecular complexity index is 756. The molecule has 0 saturated carbocycles. The summed E-state index contributed by atoms with van der Waals surface area (Å²) in [5.74, 6) is 1.93. The number of aliphatic hydroxyl groups is 1. The van der Waals surface area contributed by atoms with E-state index in [1.165, 1.54) is 0 Å². The second-order valence-corrected chi connectivity index (χ2v) is 7.66. The van der Waals surface area contributed by atoms with Gasteiger partial charge in [-0.2, -0.15) is 0 Å². The molecule has 2 aromatic rings. The Morgan fingerprint density at radius 3 is 2.50 bits per heavy atom.